The van der Waals surface area contributed by atoms with E-state index in [0.29, 0.717) is 81.0 Å². The molecule has 0 bridgehead atoms. The van der Waals surface area contributed by atoms with E-state index in [1.165, 1.54) is 7.11 Å². The number of rotatable bonds is 16. The summed E-state index contributed by atoms with van der Waals surface area (Å²) in [6, 6.07) is 13.8. The van der Waals surface area contributed by atoms with Crippen molar-refractivity contribution in [3.63, 3.8) is 0 Å². The molecular weight excluding hydrogens is 652 g/mol. The van der Waals surface area contributed by atoms with Crippen molar-refractivity contribution in [1.29, 1.82) is 0 Å². The maximum Gasteiger partial charge on any atom is 0.269 e. The van der Waals surface area contributed by atoms with E-state index in [-0.39, 0.29) is 11.6 Å². The number of nitrogens with one attached hydrogen (secondary N) is 3. The zero-order valence-corrected chi connectivity index (χ0v) is 29.4. The van der Waals surface area contributed by atoms with Crippen molar-refractivity contribution in [3.8, 4) is 17.1 Å². The van der Waals surface area contributed by atoms with Crippen LogP contribution in [0.2, 0.25) is 0 Å². The van der Waals surface area contributed by atoms with E-state index in [2.05, 4.69) is 42.9 Å². The molecule has 1 fully saturated rings. The number of aromatic nitrogens is 4. The van der Waals surface area contributed by atoms with E-state index in [1.807, 2.05) is 42.5 Å². The summed E-state index contributed by atoms with van der Waals surface area (Å²) < 4.78 is 18.8. The fourth-order valence-corrected chi connectivity index (χ4v) is 6.35. The number of para-hydroxylation sites is 1. The Bertz CT molecular complexity index is 1820. The number of anilines is 4. The molecule has 0 atom stereocenters. The fraction of sp³-hybridized carbons (Fsp3) is 0.417. The van der Waals surface area contributed by atoms with Gasteiger partial charge in [0.25, 0.3) is 11.8 Å². The molecular formula is C36H46N10O5. The van der Waals surface area contributed by atoms with Crippen LogP contribution in [-0.4, -0.2) is 116 Å². The number of carbonyl (C=O) groups is 2. The lowest BCUT2D eigenvalue weighted by Gasteiger charge is -2.34. The smallest absolute Gasteiger partial charge is 0.269 e. The van der Waals surface area contributed by atoms with Crippen molar-refractivity contribution in [2.75, 3.05) is 95.4 Å². The van der Waals surface area contributed by atoms with Gasteiger partial charge in [0.15, 0.2) is 11.4 Å². The van der Waals surface area contributed by atoms with Gasteiger partial charge in [0.2, 0.25) is 5.95 Å². The number of ether oxygens (including phenoxy) is 3. The molecule has 1 aliphatic carbocycles. The van der Waals surface area contributed by atoms with Crippen molar-refractivity contribution in [1.82, 2.24) is 30.0 Å². The fourth-order valence-electron chi connectivity index (χ4n) is 6.35. The van der Waals surface area contributed by atoms with Crippen molar-refractivity contribution in [2.24, 2.45) is 12.8 Å². The lowest BCUT2D eigenvalue weighted by Crippen LogP contribution is -2.44. The highest BCUT2D eigenvalue weighted by Crippen LogP contribution is 2.38. The molecule has 3 heterocycles. The van der Waals surface area contributed by atoms with Crippen LogP contribution in [0.1, 0.15) is 32.0 Å². The van der Waals surface area contributed by atoms with Gasteiger partial charge in [-0.25, -0.2) is 9.97 Å². The minimum absolute atomic E-state index is 0.259. The molecule has 1 aliphatic heterocycles. The number of aryl methyl sites for hydroxylation is 2. The summed E-state index contributed by atoms with van der Waals surface area (Å²) in [4.78, 5) is 39.7. The second-order valence-corrected chi connectivity index (χ2v) is 12.5. The molecule has 15 heteroatoms. The van der Waals surface area contributed by atoms with E-state index in [1.54, 1.807) is 17.9 Å². The molecule has 5 N–H and O–H groups in total. The zero-order valence-electron chi connectivity index (χ0n) is 29.4. The van der Waals surface area contributed by atoms with Gasteiger partial charge in [-0.15, -0.1) is 0 Å². The average Bonchev–Trinajstić information content (AvgIpc) is 3.49. The number of likely N-dealkylation sites (N-methyl/N-ethyl adjacent to an activating group) is 1. The van der Waals surface area contributed by atoms with E-state index in [9.17, 15) is 9.59 Å². The molecule has 0 unspecified atom stereocenters. The van der Waals surface area contributed by atoms with Gasteiger partial charge in [-0.2, -0.15) is 5.10 Å². The molecule has 4 aromatic rings. The summed E-state index contributed by atoms with van der Waals surface area (Å²) in [5.74, 6) is -0.178. The molecule has 1 saturated heterocycles. The summed E-state index contributed by atoms with van der Waals surface area (Å²) in [5.41, 5.74) is 11.9. The number of nitrogens with zero attached hydrogens (tertiary/aromatic N) is 6. The Hall–Kier alpha value is -5.25. The molecule has 270 valence electrons. The van der Waals surface area contributed by atoms with Crippen molar-refractivity contribution >= 4 is 34.8 Å². The topological polar surface area (TPSA) is 174 Å². The van der Waals surface area contributed by atoms with Crippen molar-refractivity contribution in [2.45, 2.75) is 12.8 Å². The Kier molecular flexibility index (Phi) is 11.6. The van der Waals surface area contributed by atoms with E-state index >= 15 is 0 Å². The quantitative estimate of drug-likeness (QED) is 0.126. The SMILES string of the molecule is COc1c(Nc2ncc3c(n2)-c2c(c(C(N)=O)nn2C)CC3)cc(N2CCN(C)CC2)cc1C(=O)NCCOCCOCCNc1ccccc1. The number of hydrogen-bond donors (Lipinski definition) is 4. The Morgan fingerprint density at radius 1 is 0.941 bits per heavy atom. The van der Waals surface area contributed by atoms with Gasteiger partial charge in [-0.1, -0.05) is 18.2 Å². The monoisotopic (exact) mass is 698 g/mol. The Balaban J connectivity index is 1.12. The minimum atomic E-state index is -0.567. The summed E-state index contributed by atoms with van der Waals surface area (Å²) >= 11 is 0. The highest BCUT2D eigenvalue weighted by Gasteiger charge is 2.29. The van der Waals surface area contributed by atoms with Gasteiger partial charge in [-0.3, -0.25) is 14.3 Å². The predicted molar refractivity (Wildman–Crippen MR) is 195 cm³/mol. The summed E-state index contributed by atoms with van der Waals surface area (Å²) in [7, 11) is 5.41. The Labute approximate surface area is 297 Å². The Morgan fingerprint density at radius 2 is 1.69 bits per heavy atom. The Morgan fingerprint density at radius 3 is 2.41 bits per heavy atom. The van der Waals surface area contributed by atoms with Gasteiger partial charge in [0.05, 0.1) is 56.2 Å². The summed E-state index contributed by atoms with van der Waals surface area (Å²) in [6.07, 6.45) is 3.06. The van der Waals surface area contributed by atoms with Crippen molar-refractivity contribution in [3.05, 3.63) is 71.0 Å². The van der Waals surface area contributed by atoms with Gasteiger partial charge in [0, 0.05) is 69.5 Å². The first-order valence-corrected chi connectivity index (χ1v) is 17.2. The standard InChI is InChI=1S/C36H46N10O5/c1-44-13-15-46(16-14-44)26-21-28(35(48)39-12-18-51-20-19-50-17-11-38-25-7-5-4-6-8-25)33(49-3)29(22-26)41-36-40-23-24-9-10-27-31(34(37)47)43-45(2)32(27)30(24)42-36/h4-8,21-23,38H,9-20H2,1-3H3,(H2,37,47)(H,39,48)(H,40,41,42). The number of fused-ring (bicyclic) bond motifs is 3. The number of benzene rings is 2. The molecule has 2 aromatic heterocycles. The maximum atomic E-state index is 13.7. The van der Waals surface area contributed by atoms with Crippen LogP contribution in [-0.2, 0) is 29.4 Å². The highest BCUT2D eigenvalue weighted by molar-refractivity contribution is 6.00. The summed E-state index contributed by atoms with van der Waals surface area (Å²) in [5, 5.41) is 14.0. The highest BCUT2D eigenvalue weighted by atomic mass is 16.5. The lowest BCUT2D eigenvalue weighted by atomic mass is 9.93. The van der Waals surface area contributed by atoms with E-state index in [4.69, 9.17) is 24.9 Å². The largest absolute Gasteiger partial charge is 0.494 e. The minimum Gasteiger partial charge on any atom is -0.494 e. The van der Waals surface area contributed by atoms with Crippen LogP contribution in [0.5, 0.6) is 5.75 Å². The van der Waals surface area contributed by atoms with Crippen LogP contribution < -0.4 is 31.3 Å². The molecule has 51 heavy (non-hydrogen) atoms. The third kappa shape index (κ3) is 8.56. The second-order valence-electron chi connectivity index (χ2n) is 12.5. The predicted octanol–water partition coefficient (Wildman–Crippen LogP) is 2.45. The van der Waals surface area contributed by atoms with Gasteiger partial charge in [-0.05, 0) is 49.7 Å². The molecule has 2 aliphatic rings. The lowest BCUT2D eigenvalue weighted by molar-refractivity contribution is 0.0519. The number of piperazine rings is 1. The first-order valence-electron chi connectivity index (χ1n) is 17.2. The summed E-state index contributed by atoms with van der Waals surface area (Å²) in [6.45, 7) is 6.20. The number of hydrogen-bond acceptors (Lipinski definition) is 12. The van der Waals surface area contributed by atoms with Crippen LogP contribution >= 0.6 is 0 Å². The number of carbonyl (C=O) groups excluding carboxylic acids is 2. The number of nitrogens with two attached hydrogens (primary N) is 1. The average molecular weight is 699 g/mol. The molecule has 2 aromatic carbocycles. The molecule has 15 nitrogen and oxygen atoms in total. The third-order valence-corrected chi connectivity index (χ3v) is 9.00. The molecule has 2 amide bonds. The number of amides is 2. The van der Waals surface area contributed by atoms with E-state index < -0.39 is 5.91 Å². The molecule has 0 spiro atoms. The van der Waals surface area contributed by atoms with Crippen LogP contribution in [0.4, 0.5) is 23.0 Å². The third-order valence-electron chi connectivity index (χ3n) is 9.00. The number of primary amides is 1. The first-order chi connectivity index (χ1) is 24.8. The van der Waals surface area contributed by atoms with Gasteiger partial charge >= 0.3 is 0 Å². The van der Waals surface area contributed by atoms with Crippen molar-refractivity contribution < 1.29 is 23.8 Å². The van der Waals surface area contributed by atoms with Crippen LogP contribution in [0.15, 0.2) is 48.7 Å². The zero-order chi connectivity index (χ0) is 35.7. The molecule has 0 saturated carbocycles. The van der Waals surface area contributed by atoms with Crippen LogP contribution in [0.3, 0.4) is 0 Å². The molecule has 0 radical (unpaired) electrons. The van der Waals surface area contributed by atoms with Gasteiger partial charge in [0.1, 0.15) is 0 Å². The maximum absolute atomic E-state index is 13.7. The van der Waals surface area contributed by atoms with Crippen LogP contribution in [0.25, 0.3) is 11.4 Å². The number of methoxy groups -OCH3 is 1. The first kappa shape index (κ1) is 35.6. The van der Waals surface area contributed by atoms with Gasteiger partial charge < -0.3 is 45.7 Å². The van der Waals surface area contributed by atoms with Crippen LogP contribution in [0, 0.1) is 0 Å². The van der Waals surface area contributed by atoms with E-state index in [0.717, 1.165) is 54.4 Å². The second kappa shape index (κ2) is 16.6. The normalized spacial score (nSPS) is 14.1. The molecule has 6 rings (SSSR count).